The number of aryl methyl sites for hydroxylation is 1. The number of nitrogens with zero attached hydrogens (tertiary/aromatic N) is 1. The van der Waals surface area contributed by atoms with Gasteiger partial charge in [0.2, 0.25) is 0 Å². The Morgan fingerprint density at radius 3 is 2.43 bits per heavy atom. The van der Waals surface area contributed by atoms with Crippen LogP contribution in [0.3, 0.4) is 0 Å². The number of nitrogens with one attached hydrogen (secondary N) is 1. The Labute approximate surface area is 136 Å². The van der Waals surface area contributed by atoms with Gasteiger partial charge in [-0.25, -0.2) is 0 Å². The molecule has 122 valence electrons. The lowest BCUT2D eigenvalue weighted by Crippen LogP contribution is -2.25. The molecule has 0 spiro atoms. The van der Waals surface area contributed by atoms with Crippen molar-refractivity contribution in [3.8, 4) is 0 Å². The van der Waals surface area contributed by atoms with Crippen molar-refractivity contribution in [1.29, 1.82) is 0 Å². The summed E-state index contributed by atoms with van der Waals surface area (Å²) in [6.07, 6.45) is -0.613. The third-order valence-electron chi connectivity index (χ3n) is 4.18. The zero-order valence-corrected chi connectivity index (χ0v) is 13.6. The molecule has 2 atom stereocenters. The summed E-state index contributed by atoms with van der Waals surface area (Å²) in [6, 6.07) is 12.7. The van der Waals surface area contributed by atoms with Crippen molar-refractivity contribution >= 4 is 5.69 Å². The fraction of sp³-hybridized carbons (Fsp3) is 0.333. The molecule has 5 heteroatoms. The molecule has 0 aliphatic heterocycles. The van der Waals surface area contributed by atoms with E-state index in [2.05, 4.69) is 5.32 Å². The van der Waals surface area contributed by atoms with Crippen LogP contribution in [0.1, 0.15) is 41.3 Å². The van der Waals surface area contributed by atoms with E-state index in [1.165, 1.54) is 6.07 Å². The van der Waals surface area contributed by atoms with Gasteiger partial charge in [-0.1, -0.05) is 36.4 Å². The first kappa shape index (κ1) is 17.1. The highest BCUT2D eigenvalue weighted by molar-refractivity contribution is 5.45. The van der Waals surface area contributed by atoms with Crippen LogP contribution in [0.15, 0.2) is 42.5 Å². The van der Waals surface area contributed by atoms with Gasteiger partial charge < -0.3 is 10.4 Å². The minimum Gasteiger partial charge on any atom is -0.387 e. The SMILES string of the molecule is Cc1ccccc1C(O)CNC(C)c1cccc([N+](=O)[O-])c1C. The monoisotopic (exact) mass is 314 g/mol. The largest absolute Gasteiger partial charge is 0.387 e. The van der Waals surface area contributed by atoms with Gasteiger partial charge in [0.25, 0.3) is 5.69 Å². The van der Waals surface area contributed by atoms with Gasteiger partial charge in [-0.05, 0) is 37.5 Å². The van der Waals surface area contributed by atoms with Crippen LogP contribution in [-0.2, 0) is 0 Å². The Balaban J connectivity index is 2.08. The Kier molecular flexibility index (Phi) is 5.47. The van der Waals surface area contributed by atoms with Crippen LogP contribution in [0.25, 0.3) is 0 Å². The quantitative estimate of drug-likeness (QED) is 0.631. The molecular weight excluding hydrogens is 292 g/mol. The third-order valence-corrected chi connectivity index (χ3v) is 4.18. The van der Waals surface area contributed by atoms with Crippen molar-refractivity contribution < 1.29 is 10.0 Å². The van der Waals surface area contributed by atoms with Crippen molar-refractivity contribution in [2.75, 3.05) is 6.54 Å². The Bertz CT molecular complexity index is 700. The molecule has 0 bridgehead atoms. The molecule has 0 aliphatic rings. The summed E-state index contributed by atoms with van der Waals surface area (Å²) < 4.78 is 0. The molecule has 0 saturated carbocycles. The van der Waals surface area contributed by atoms with Crippen LogP contribution >= 0.6 is 0 Å². The van der Waals surface area contributed by atoms with Crippen molar-refractivity contribution in [1.82, 2.24) is 5.32 Å². The van der Waals surface area contributed by atoms with Gasteiger partial charge in [0.15, 0.2) is 0 Å². The van der Waals surface area contributed by atoms with E-state index in [1.807, 2.05) is 44.2 Å². The minimum absolute atomic E-state index is 0.0893. The van der Waals surface area contributed by atoms with E-state index in [0.717, 1.165) is 16.7 Å². The number of benzene rings is 2. The molecule has 2 aromatic rings. The molecule has 0 aromatic heterocycles. The average Bonchev–Trinajstić information content (AvgIpc) is 2.52. The second-order valence-electron chi connectivity index (χ2n) is 5.75. The highest BCUT2D eigenvalue weighted by Crippen LogP contribution is 2.26. The van der Waals surface area contributed by atoms with Crippen LogP contribution in [-0.4, -0.2) is 16.6 Å². The zero-order chi connectivity index (χ0) is 17.0. The molecule has 0 radical (unpaired) electrons. The van der Waals surface area contributed by atoms with E-state index in [9.17, 15) is 15.2 Å². The van der Waals surface area contributed by atoms with E-state index < -0.39 is 6.10 Å². The predicted molar refractivity (Wildman–Crippen MR) is 90.4 cm³/mol. The molecular formula is C18H22N2O3. The van der Waals surface area contributed by atoms with E-state index in [0.29, 0.717) is 12.1 Å². The predicted octanol–water partition coefficient (Wildman–Crippen LogP) is 3.60. The van der Waals surface area contributed by atoms with E-state index >= 15 is 0 Å². The van der Waals surface area contributed by atoms with Crippen molar-refractivity contribution in [2.24, 2.45) is 0 Å². The van der Waals surface area contributed by atoms with Gasteiger partial charge in [-0.2, -0.15) is 0 Å². The Hall–Kier alpha value is -2.24. The second-order valence-corrected chi connectivity index (χ2v) is 5.75. The standard InChI is InChI=1S/C18H22N2O3/c1-12-7-4-5-8-15(12)18(21)11-19-14(3)16-9-6-10-17(13(16)2)20(22)23/h4-10,14,18-19,21H,11H2,1-3H3. The molecule has 5 nitrogen and oxygen atoms in total. The van der Waals surface area contributed by atoms with Gasteiger partial charge in [-0.15, -0.1) is 0 Å². The average molecular weight is 314 g/mol. The Morgan fingerprint density at radius 1 is 1.13 bits per heavy atom. The zero-order valence-electron chi connectivity index (χ0n) is 13.6. The van der Waals surface area contributed by atoms with Gasteiger partial charge in [0, 0.05) is 24.2 Å². The molecule has 0 amide bonds. The van der Waals surface area contributed by atoms with Gasteiger partial charge in [0.1, 0.15) is 0 Å². The topological polar surface area (TPSA) is 75.4 Å². The smallest absolute Gasteiger partial charge is 0.272 e. The summed E-state index contributed by atoms with van der Waals surface area (Å²) in [5.74, 6) is 0. The molecule has 2 aromatic carbocycles. The van der Waals surface area contributed by atoms with Crippen LogP contribution < -0.4 is 5.32 Å². The first-order valence-electron chi connectivity index (χ1n) is 7.62. The number of rotatable bonds is 6. The molecule has 0 aliphatic carbocycles. The molecule has 2 unspecified atom stereocenters. The van der Waals surface area contributed by atoms with Crippen LogP contribution in [0.4, 0.5) is 5.69 Å². The maximum Gasteiger partial charge on any atom is 0.272 e. The maximum absolute atomic E-state index is 11.0. The lowest BCUT2D eigenvalue weighted by molar-refractivity contribution is -0.385. The number of nitro groups is 1. The maximum atomic E-state index is 11.0. The van der Waals surface area contributed by atoms with Crippen molar-refractivity contribution in [2.45, 2.75) is 32.9 Å². The lowest BCUT2D eigenvalue weighted by Gasteiger charge is -2.20. The van der Waals surface area contributed by atoms with Gasteiger partial charge in [0.05, 0.1) is 11.0 Å². The van der Waals surface area contributed by atoms with Crippen LogP contribution in [0.2, 0.25) is 0 Å². The number of aliphatic hydroxyl groups excluding tert-OH is 1. The normalized spacial score (nSPS) is 13.6. The summed E-state index contributed by atoms with van der Waals surface area (Å²) in [5.41, 5.74) is 3.58. The van der Waals surface area contributed by atoms with Gasteiger partial charge >= 0.3 is 0 Å². The van der Waals surface area contributed by atoms with E-state index in [1.54, 1.807) is 13.0 Å². The van der Waals surface area contributed by atoms with E-state index in [-0.39, 0.29) is 16.7 Å². The number of hydrogen-bond acceptors (Lipinski definition) is 4. The second kappa shape index (κ2) is 7.35. The van der Waals surface area contributed by atoms with Crippen molar-refractivity contribution in [3.63, 3.8) is 0 Å². The first-order valence-corrected chi connectivity index (χ1v) is 7.62. The van der Waals surface area contributed by atoms with Gasteiger partial charge in [-0.3, -0.25) is 10.1 Å². The van der Waals surface area contributed by atoms with E-state index in [4.69, 9.17) is 0 Å². The summed E-state index contributed by atoms with van der Waals surface area (Å²) in [6.45, 7) is 6.04. The summed E-state index contributed by atoms with van der Waals surface area (Å²) in [5, 5.41) is 24.6. The summed E-state index contributed by atoms with van der Waals surface area (Å²) in [4.78, 5) is 10.7. The summed E-state index contributed by atoms with van der Waals surface area (Å²) in [7, 11) is 0. The Morgan fingerprint density at radius 2 is 1.78 bits per heavy atom. The molecule has 2 rings (SSSR count). The fourth-order valence-electron chi connectivity index (χ4n) is 2.78. The molecule has 0 heterocycles. The van der Waals surface area contributed by atoms with Crippen molar-refractivity contribution in [3.05, 3.63) is 74.8 Å². The molecule has 0 fully saturated rings. The molecule has 0 saturated heterocycles. The number of nitro benzene ring substituents is 1. The lowest BCUT2D eigenvalue weighted by atomic mass is 9.99. The summed E-state index contributed by atoms with van der Waals surface area (Å²) >= 11 is 0. The number of hydrogen-bond donors (Lipinski definition) is 2. The fourth-order valence-corrected chi connectivity index (χ4v) is 2.78. The minimum atomic E-state index is -0.613. The first-order chi connectivity index (χ1) is 10.9. The molecule has 23 heavy (non-hydrogen) atoms. The van der Waals surface area contributed by atoms with Crippen LogP contribution in [0, 0.1) is 24.0 Å². The highest BCUT2D eigenvalue weighted by Gasteiger charge is 2.18. The third kappa shape index (κ3) is 3.94. The number of aliphatic hydroxyl groups is 1. The van der Waals surface area contributed by atoms with Crippen LogP contribution in [0.5, 0.6) is 0 Å². The molecule has 2 N–H and O–H groups in total. The highest BCUT2D eigenvalue weighted by atomic mass is 16.6.